The zero-order valence-electron chi connectivity index (χ0n) is 21.0. The average Bonchev–Trinajstić information content (AvgIpc) is 3.26. The lowest BCUT2D eigenvalue weighted by molar-refractivity contribution is -0.155. The Kier molecular flexibility index (Phi) is 7.22. The summed E-state index contributed by atoms with van der Waals surface area (Å²) in [5.74, 6) is 0. The Morgan fingerprint density at radius 1 is 1.08 bits per heavy atom. The van der Waals surface area contributed by atoms with Crippen molar-refractivity contribution in [2.24, 2.45) is 7.05 Å². The molecule has 1 saturated heterocycles. The molecule has 6 nitrogen and oxygen atoms in total. The normalized spacial score (nSPS) is 21.0. The summed E-state index contributed by atoms with van der Waals surface area (Å²) in [6.07, 6.45) is 2.17. The molecule has 0 aliphatic carbocycles. The van der Waals surface area contributed by atoms with E-state index in [1.54, 1.807) is 17.1 Å². The molecule has 1 fully saturated rings. The molecule has 2 aliphatic heterocycles. The van der Waals surface area contributed by atoms with Crippen molar-refractivity contribution in [3.8, 4) is 11.1 Å². The number of halogens is 4. The molecule has 5 rings (SSSR count). The van der Waals surface area contributed by atoms with Gasteiger partial charge in [-0.1, -0.05) is 18.2 Å². The van der Waals surface area contributed by atoms with Gasteiger partial charge in [0, 0.05) is 44.5 Å². The van der Waals surface area contributed by atoms with E-state index in [4.69, 9.17) is 0 Å². The van der Waals surface area contributed by atoms with Crippen LogP contribution >= 0.6 is 0 Å². The lowest BCUT2D eigenvalue weighted by atomic mass is 9.85. The smallest absolute Gasteiger partial charge is 0.378 e. The van der Waals surface area contributed by atoms with Crippen LogP contribution < -0.4 is 5.32 Å². The van der Waals surface area contributed by atoms with E-state index >= 15 is 0 Å². The quantitative estimate of drug-likeness (QED) is 0.435. The highest BCUT2D eigenvalue weighted by Gasteiger charge is 2.41. The van der Waals surface area contributed by atoms with Gasteiger partial charge in [0.1, 0.15) is 0 Å². The van der Waals surface area contributed by atoms with Crippen LogP contribution in [0.3, 0.4) is 0 Å². The number of nitrogens with one attached hydrogen (secondary N) is 1. The SMILES string of the molecule is C[C@H]1Cc2cc(-c3cnn(C)c3)ccc2[C@@H](c2ccc(NC3CN(CCCF)C3)cn2)N1CC(F)(F)F. The number of benzene rings is 1. The minimum absolute atomic E-state index is 0.260. The molecule has 198 valence electrons. The summed E-state index contributed by atoms with van der Waals surface area (Å²) in [5.41, 5.74) is 5.28. The van der Waals surface area contributed by atoms with Gasteiger partial charge in [-0.3, -0.25) is 23.9 Å². The van der Waals surface area contributed by atoms with E-state index in [2.05, 4.69) is 26.4 Å². The van der Waals surface area contributed by atoms with Crippen LogP contribution in [-0.2, 0) is 13.5 Å². The van der Waals surface area contributed by atoms with E-state index in [-0.39, 0.29) is 18.8 Å². The zero-order valence-corrected chi connectivity index (χ0v) is 21.0. The van der Waals surface area contributed by atoms with Crippen LogP contribution in [0.25, 0.3) is 11.1 Å². The summed E-state index contributed by atoms with van der Waals surface area (Å²) in [5, 5.41) is 7.66. The van der Waals surface area contributed by atoms with Crippen LogP contribution in [0, 0.1) is 0 Å². The van der Waals surface area contributed by atoms with Gasteiger partial charge in [-0.2, -0.15) is 18.3 Å². The maximum atomic E-state index is 13.6. The molecule has 0 saturated carbocycles. The molecule has 3 aromatic rings. The molecule has 10 heteroatoms. The number of rotatable bonds is 8. The fourth-order valence-corrected chi connectivity index (χ4v) is 5.47. The molecule has 0 bridgehead atoms. The van der Waals surface area contributed by atoms with Crippen molar-refractivity contribution < 1.29 is 17.6 Å². The first-order valence-electron chi connectivity index (χ1n) is 12.7. The van der Waals surface area contributed by atoms with E-state index < -0.39 is 18.8 Å². The van der Waals surface area contributed by atoms with Crippen molar-refractivity contribution in [1.29, 1.82) is 0 Å². The number of anilines is 1. The highest BCUT2D eigenvalue weighted by molar-refractivity contribution is 5.64. The summed E-state index contributed by atoms with van der Waals surface area (Å²) in [6.45, 7) is 2.98. The van der Waals surface area contributed by atoms with Gasteiger partial charge in [0.15, 0.2) is 0 Å². The van der Waals surface area contributed by atoms with Gasteiger partial charge in [-0.25, -0.2) is 0 Å². The van der Waals surface area contributed by atoms with E-state index in [0.29, 0.717) is 18.5 Å². The first kappa shape index (κ1) is 25.7. The first-order chi connectivity index (χ1) is 17.7. The molecule has 0 spiro atoms. The number of aromatic nitrogens is 3. The maximum absolute atomic E-state index is 13.6. The topological polar surface area (TPSA) is 49.2 Å². The predicted molar refractivity (Wildman–Crippen MR) is 135 cm³/mol. The average molecular weight is 517 g/mol. The number of fused-ring (bicyclic) bond motifs is 1. The number of nitrogens with zero attached hydrogens (tertiary/aromatic N) is 5. The third-order valence-corrected chi connectivity index (χ3v) is 7.25. The maximum Gasteiger partial charge on any atom is 0.401 e. The minimum Gasteiger partial charge on any atom is -0.378 e. The third kappa shape index (κ3) is 5.80. The number of aryl methyl sites for hydroxylation is 1. The molecule has 1 N–H and O–H groups in total. The molecule has 2 aliphatic rings. The number of pyridine rings is 1. The molecule has 0 radical (unpaired) electrons. The Labute approximate surface area is 214 Å². The first-order valence-corrected chi connectivity index (χ1v) is 12.7. The molecule has 2 aromatic heterocycles. The van der Waals surface area contributed by atoms with Crippen LogP contribution in [0.15, 0.2) is 48.9 Å². The lowest BCUT2D eigenvalue weighted by Crippen LogP contribution is -2.54. The molecule has 1 aromatic carbocycles. The van der Waals surface area contributed by atoms with Gasteiger partial charge in [-0.15, -0.1) is 0 Å². The zero-order chi connectivity index (χ0) is 26.2. The van der Waals surface area contributed by atoms with Gasteiger partial charge >= 0.3 is 6.18 Å². The van der Waals surface area contributed by atoms with Crippen LogP contribution in [0.5, 0.6) is 0 Å². The van der Waals surface area contributed by atoms with Crippen LogP contribution in [0.2, 0.25) is 0 Å². The molecule has 0 amide bonds. The summed E-state index contributed by atoms with van der Waals surface area (Å²) in [7, 11) is 1.85. The Hall–Kier alpha value is -2.98. The highest BCUT2D eigenvalue weighted by atomic mass is 19.4. The van der Waals surface area contributed by atoms with E-state index in [1.807, 2.05) is 44.4 Å². The molecular formula is C27H32F4N6. The van der Waals surface area contributed by atoms with Gasteiger partial charge in [-0.05, 0) is 48.6 Å². The summed E-state index contributed by atoms with van der Waals surface area (Å²) >= 11 is 0. The Morgan fingerprint density at radius 2 is 1.89 bits per heavy atom. The van der Waals surface area contributed by atoms with Crippen LogP contribution in [0.1, 0.15) is 36.2 Å². The van der Waals surface area contributed by atoms with E-state index in [1.165, 1.54) is 4.90 Å². The molecular weight excluding hydrogens is 484 g/mol. The second-order valence-corrected chi connectivity index (χ2v) is 10.2. The lowest BCUT2D eigenvalue weighted by Gasteiger charge is -2.42. The molecule has 37 heavy (non-hydrogen) atoms. The Morgan fingerprint density at radius 3 is 2.54 bits per heavy atom. The number of hydrogen-bond donors (Lipinski definition) is 1. The fourth-order valence-electron chi connectivity index (χ4n) is 5.47. The highest BCUT2D eigenvalue weighted by Crippen LogP contribution is 2.40. The summed E-state index contributed by atoms with van der Waals surface area (Å²) in [4.78, 5) is 8.33. The summed E-state index contributed by atoms with van der Waals surface area (Å²) < 4.78 is 55.0. The number of alkyl halides is 4. The Bertz CT molecular complexity index is 1200. The minimum atomic E-state index is -4.32. The van der Waals surface area contributed by atoms with Gasteiger partial charge in [0.25, 0.3) is 0 Å². The van der Waals surface area contributed by atoms with Gasteiger partial charge < -0.3 is 5.32 Å². The van der Waals surface area contributed by atoms with Crippen molar-refractivity contribution in [3.63, 3.8) is 0 Å². The second-order valence-electron chi connectivity index (χ2n) is 10.2. The van der Waals surface area contributed by atoms with Crippen LogP contribution in [0.4, 0.5) is 23.2 Å². The van der Waals surface area contributed by atoms with Crippen molar-refractivity contribution in [3.05, 3.63) is 65.7 Å². The third-order valence-electron chi connectivity index (χ3n) is 7.25. The standard InChI is InChI=1S/C27H32F4N6/c1-18-10-20-11-19(21-12-33-35(2)14-21)4-6-24(20)26(37(18)17-27(29,30)31)25-7-5-22(13-32-25)34-23-15-36(16-23)9-3-8-28/h4-7,11-14,18,23,26,34H,3,8-10,15-17H2,1-2H3/t18-,26-/m0/s1. The summed E-state index contributed by atoms with van der Waals surface area (Å²) in [6, 6.07) is 9.02. The van der Waals surface area contributed by atoms with Crippen molar-refractivity contribution in [2.45, 2.75) is 44.1 Å². The largest absolute Gasteiger partial charge is 0.401 e. The predicted octanol–water partition coefficient (Wildman–Crippen LogP) is 4.84. The molecule has 0 unspecified atom stereocenters. The second kappa shape index (κ2) is 10.4. The van der Waals surface area contributed by atoms with Crippen molar-refractivity contribution in [1.82, 2.24) is 24.6 Å². The molecule has 4 heterocycles. The van der Waals surface area contributed by atoms with Crippen molar-refractivity contribution >= 4 is 5.69 Å². The fraction of sp³-hybridized carbons (Fsp3) is 0.481. The number of hydrogen-bond acceptors (Lipinski definition) is 5. The van der Waals surface area contributed by atoms with Crippen LogP contribution in [-0.4, -0.2) is 75.7 Å². The van der Waals surface area contributed by atoms with E-state index in [9.17, 15) is 17.6 Å². The van der Waals surface area contributed by atoms with Crippen molar-refractivity contribution in [2.75, 3.05) is 38.2 Å². The Balaban J connectivity index is 1.40. The monoisotopic (exact) mass is 516 g/mol. The van der Waals surface area contributed by atoms with Gasteiger partial charge in [0.2, 0.25) is 0 Å². The molecule has 2 atom stereocenters. The number of likely N-dealkylation sites (tertiary alicyclic amines) is 1. The van der Waals surface area contributed by atoms with Gasteiger partial charge in [0.05, 0.1) is 49.1 Å². The van der Waals surface area contributed by atoms with E-state index in [0.717, 1.165) is 47.6 Å².